The summed E-state index contributed by atoms with van der Waals surface area (Å²) in [5.41, 5.74) is 4.12. The lowest BCUT2D eigenvalue weighted by Gasteiger charge is -2.17. The van der Waals surface area contributed by atoms with Crippen LogP contribution in [0.25, 0.3) is 0 Å². The van der Waals surface area contributed by atoms with Gasteiger partial charge < -0.3 is 10.1 Å². The fraction of sp³-hybridized carbons (Fsp3) is 0.278. The summed E-state index contributed by atoms with van der Waals surface area (Å²) < 4.78 is 5.64. The van der Waals surface area contributed by atoms with Crippen LogP contribution in [0.15, 0.2) is 36.4 Å². The fourth-order valence-corrected chi connectivity index (χ4v) is 2.50. The number of rotatable bonds is 4. The Labute approximate surface area is 136 Å². The molecule has 4 heteroatoms. The topological polar surface area (TPSA) is 38.3 Å². The SMILES string of the molecule is Cc1cc(C)c(NC(=O)[C@@H](C)Oc2ccc(Cl)cc2)c(C)c1. The Hall–Kier alpha value is -2.00. The average molecular weight is 318 g/mol. The van der Waals surface area contributed by atoms with E-state index in [9.17, 15) is 4.79 Å². The Bertz CT molecular complexity index is 657. The van der Waals surface area contributed by atoms with E-state index in [4.69, 9.17) is 16.3 Å². The molecule has 1 N–H and O–H groups in total. The number of halogens is 1. The summed E-state index contributed by atoms with van der Waals surface area (Å²) in [5.74, 6) is 0.439. The van der Waals surface area contributed by atoms with Crippen molar-refractivity contribution in [2.24, 2.45) is 0 Å². The molecule has 0 aliphatic heterocycles. The molecule has 0 spiro atoms. The van der Waals surface area contributed by atoms with Crippen molar-refractivity contribution in [1.82, 2.24) is 0 Å². The van der Waals surface area contributed by atoms with Gasteiger partial charge in [-0.3, -0.25) is 4.79 Å². The predicted molar refractivity (Wildman–Crippen MR) is 90.8 cm³/mol. The second kappa shape index (κ2) is 6.84. The molecular formula is C18H20ClNO2. The summed E-state index contributed by atoms with van der Waals surface area (Å²) >= 11 is 5.83. The summed E-state index contributed by atoms with van der Waals surface area (Å²) in [6, 6.07) is 11.1. The molecule has 2 rings (SSSR count). The minimum atomic E-state index is -0.596. The highest BCUT2D eigenvalue weighted by atomic mass is 35.5. The lowest BCUT2D eigenvalue weighted by Crippen LogP contribution is -2.30. The number of anilines is 1. The maximum absolute atomic E-state index is 12.3. The first-order chi connectivity index (χ1) is 10.4. The van der Waals surface area contributed by atoms with E-state index in [1.807, 2.05) is 32.9 Å². The molecule has 0 fully saturated rings. The molecule has 116 valence electrons. The predicted octanol–water partition coefficient (Wildman–Crippen LogP) is 4.67. The molecule has 2 aromatic carbocycles. The van der Waals surface area contributed by atoms with Crippen LogP contribution in [0.2, 0.25) is 5.02 Å². The maximum Gasteiger partial charge on any atom is 0.265 e. The largest absolute Gasteiger partial charge is 0.481 e. The number of ether oxygens (including phenoxy) is 1. The number of hydrogen-bond donors (Lipinski definition) is 1. The number of carbonyl (C=O) groups is 1. The van der Waals surface area contributed by atoms with E-state index in [0.29, 0.717) is 10.8 Å². The molecular weight excluding hydrogens is 298 g/mol. The van der Waals surface area contributed by atoms with Crippen LogP contribution in [0.3, 0.4) is 0 Å². The Morgan fingerprint density at radius 3 is 2.18 bits per heavy atom. The van der Waals surface area contributed by atoms with Crippen LogP contribution in [0.1, 0.15) is 23.6 Å². The molecule has 0 heterocycles. The number of amides is 1. The van der Waals surface area contributed by atoms with Crippen LogP contribution in [0.5, 0.6) is 5.75 Å². The van der Waals surface area contributed by atoms with E-state index in [-0.39, 0.29) is 5.91 Å². The lowest BCUT2D eigenvalue weighted by molar-refractivity contribution is -0.122. The Morgan fingerprint density at radius 2 is 1.64 bits per heavy atom. The van der Waals surface area contributed by atoms with Crippen molar-refractivity contribution >= 4 is 23.2 Å². The molecule has 2 aromatic rings. The van der Waals surface area contributed by atoms with Gasteiger partial charge >= 0.3 is 0 Å². The van der Waals surface area contributed by atoms with Crippen LogP contribution < -0.4 is 10.1 Å². The molecule has 0 aromatic heterocycles. The number of aryl methyl sites for hydroxylation is 3. The third-order valence-electron chi connectivity index (χ3n) is 3.42. The van der Waals surface area contributed by atoms with Gasteiger partial charge in [-0.25, -0.2) is 0 Å². The lowest BCUT2D eigenvalue weighted by atomic mass is 10.0. The Kier molecular flexibility index (Phi) is 5.09. The molecule has 3 nitrogen and oxygen atoms in total. The van der Waals surface area contributed by atoms with Crippen molar-refractivity contribution in [3.63, 3.8) is 0 Å². The van der Waals surface area contributed by atoms with Crippen LogP contribution in [-0.4, -0.2) is 12.0 Å². The van der Waals surface area contributed by atoms with Crippen molar-refractivity contribution in [3.05, 3.63) is 58.1 Å². The second-order valence-corrected chi connectivity index (χ2v) is 5.91. The number of nitrogens with one attached hydrogen (secondary N) is 1. The summed E-state index contributed by atoms with van der Waals surface area (Å²) in [4.78, 5) is 12.3. The monoisotopic (exact) mass is 317 g/mol. The fourth-order valence-electron chi connectivity index (χ4n) is 2.37. The van der Waals surface area contributed by atoms with Crippen LogP contribution >= 0.6 is 11.6 Å². The normalized spacial score (nSPS) is 11.9. The smallest absolute Gasteiger partial charge is 0.265 e. The van der Waals surface area contributed by atoms with E-state index >= 15 is 0 Å². The highest BCUT2D eigenvalue weighted by molar-refractivity contribution is 6.30. The third kappa shape index (κ3) is 4.01. The minimum Gasteiger partial charge on any atom is -0.481 e. The molecule has 22 heavy (non-hydrogen) atoms. The van der Waals surface area contributed by atoms with Gasteiger partial charge in [0.05, 0.1) is 0 Å². The first-order valence-electron chi connectivity index (χ1n) is 7.18. The van der Waals surface area contributed by atoms with Gasteiger partial charge in [-0.2, -0.15) is 0 Å². The van der Waals surface area contributed by atoms with Crippen molar-refractivity contribution in [3.8, 4) is 5.75 Å². The van der Waals surface area contributed by atoms with Crippen molar-refractivity contribution in [2.45, 2.75) is 33.8 Å². The summed E-state index contributed by atoms with van der Waals surface area (Å²) in [7, 11) is 0. The van der Waals surface area contributed by atoms with Crippen LogP contribution in [0.4, 0.5) is 5.69 Å². The minimum absolute atomic E-state index is 0.176. The van der Waals surface area contributed by atoms with E-state index in [2.05, 4.69) is 5.32 Å². The first-order valence-corrected chi connectivity index (χ1v) is 7.55. The molecule has 0 radical (unpaired) electrons. The first kappa shape index (κ1) is 16.4. The van der Waals surface area contributed by atoms with Gasteiger partial charge in [-0.1, -0.05) is 29.3 Å². The standard InChI is InChI=1S/C18H20ClNO2/c1-11-9-12(2)17(13(3)10-11)20-18(21)14(4)22-16-7-5-15(19)6-8-16/h5-10,14H,1-4H3,(H,20,21)/t14-/m1/s1. The number of benzene rings is 2. The summed E-state index contributed by atoms with van der Waals surface area (Å²) in [6.07, 6.45) is -0.596. The number of hydrogen-bond acceptors (Lipinski definition) is 2. The van der Waals surface area contributed by atoms with Crippen LogP contribution in [0, 0.1) is 20.8 Å². The quantitative estimate of drug-likeness (QED) is 0.889. The van der Waals surface area contributed by atoms with Gasteiger partial charge in [0.15, 0.2) is 6.10 Å². The van der Waals surface area contributed by atoms with Crippen LogP contribution in [-0.2, 0) is 4.79 Å². The molecule has 0 aliphatic rings. The average Bonchev–Trinajstić information content (AvgIpc) is 2.45. The highest BCUT2D eigenvalue weighted by Crippen LogP contribution is 2.23. The van der Waals surface area contributed by atoms with E-state index in [0.717, 1.165) is 16.8 Å². The molecule has 1 atom stereocenters. The summed E-state index contributed by atoms with van der Waals surface area (Å²) in [6.45, 7) is 7.74. The zero-order valence-corrected chi connectivity index (χ0v) is 14.0. The third-order valence-corrected chi connectivity index (χ3v) is 3.67. The van der Waals surface area contributed by atoms with Gasteiger partial charge in [0, 0.05) is 10.7 Å². The molecule has 0 saturated heterocycles. The molecule has 0 saturated carbocycles. The molecule has 0 unspecified atom stereocenters. The number of carbonyl (C=O) groups excluding carboxylic acids is 1. The van der Waals surface area contributed by atoms with Crippen molar-refractivity contribution < 1.29 is 9.53 Å². The van der Waals surface area contributed by atoms with Gasteiger partial charge in [-0.05, 0) is 63.1 Å². The van der Waals surface area contributed by atoms with Gasteiger partial charge in [0.1, 0.15) is 5.75 Å². The van der Waals surface area contributed by atoms with Gasteiger partial charge in [-0.15, -0.1) is 0 Å². The van der Waals surface area contributed by atoms with E-state index in [1.165, 1.54) is 5.56 Å². The molecule has 0 aliphatic carbocycles. The zero-order chi connectivity index (χ0) is 16.3. The Morgan fingerprint density at radius 1 is 1.09 bits per heavy atom. The van der Waals surface area contributed by atoms with E-state index in [1.54, 1.807) is 31.2 Å². The summed E-state index contributed by atoms with van der Waals surface area (Å²) in [5, 5.41) is 3.58. The van der Waals surface area contributed by atoms with Crippen molar-refractivity contribution in [2.75, 3.05) is 5.32 Å². The molecule has 1 amide bonds. The molecule has 0 bridgehead atoms. The van der Waals surface area contributed by atoms with E-state index < -0.39 is 6.10 Å². The maximum atomic E-state index is 12.3. The Balaban J connectivity index is 2.07. The van der Waals surface area contributed by atoms with Gasteiger partial charge in [0.25, 0.3) is 5.91 Å². The van der Waals surface area contributed by atoms with Crippen molar-refractivity contribution in [1.29, 1.82) is 0 Å². The zero-order valence-electron chi connectivity index (χ0n) is 13.2. The second-order valence-electron chi connectivity index (χ2n) is 5.48. The van der Waals surface area contributed by atoms with Gasteiger partial charge in [0.2, 0.25) is 0 Å². The highest BCUT2D eigenvalue weighted by Gasteiger charge is 2.16.